The second-order valence-electron chi connectivity index (χ2n) is 5.10. The first kappa shape index (κ1) is 13.7. The van der Waals surface area contributed by atoms with Gasteiger partial charge in [-0.1, -0.05) is 30.7 Å². The highest BCUT2D eigenvalue weighted by Gasteiger charge is 2.34. The standard InChI is InChI=1S/C14H21NO2/c1-9-5-6-12(10(2)7-9)14(4,11(3)15)8-13(16)17/h5-7,11H,8,15H2,1-4H3,(H,16,17). The van der Waals surface area contributed by atoms with Gasteiger partial charge >= 0.3 is 5.97 Å². The molecular formula is C14H21NO2. The summed E-state index contributed by atoms with van der Waals surface area (Å²) < 4.78 is 0. The molecule has 0 saturated carbocycles. The molecule has 3 nitrogen and oxygen atoms in total. The molecule has 0 fully saturated rings. The third-order valence-corrected chi connectivity index (χ3v) is 3.52. The van der Waals surface area contributed by atoms with Crippen molar-refractivity contribution in [3.63, 3.8) is 0 Å². The van der Waals surface area contributed by atoms with Crippen LogP contribution in [0.2, 0.25) is 0 Å². The van der Waals surface area contributed by atoms with Crippen molar-refractivity contribution in [2.45, 2.75) is 45.6 Å². The van der Waals surface area contributed by atoms with E-state index >= 15 is 0 Å². The highest BCUT2D eigenvalue weighted by molar-refractivity contribution is 5.69. The Labute approximate surface area is 103 Å². The van der Waals surface area contributed by atoms with Crippen LogP contribution in [-0.4, -0.2) is 17.1 Å². The highest BCUT2D eigenvalue weighted by Crippen LogP contribution is 2.33. The molecule has 0 aliphatic carbocycles. The van der Waals surface area contributed by atoms with E-state index in [1.165, 1.54) is 5.56 Å². The lowest BCUT2D eigenvalue weighted by Gasteiger charge is -2.34. The first-order chi connectivity index (χ1) is 7.77. The van der Waals surface area contributed by atoms with Gasteiger partial charge in [0.15, 0.2) is 0 Å². The maximum absolute atomic E-state index is 11.0. The molecule has 0 aliphatic heterocycles. The second-order valence-corrected chi connectivity index (χ2v) is 5.10. The molecule has 0 heterocycles. The van der Waals surface area contributed by atoms with Crippen LogP contribution < -0.4 is 5.73 Å². The van der Waals surface area contributed by atoms with E-state index in [1.807, 2.05) is 39.8 Å². The Balaban J connectivity index is 3.27. The normalized spacial score (nSPS) is 16.3. The minimum Gasteiger partial charge on any atom is -0.481 e. The van der Waals surface area contributed by atoms with Gasteiger partial charge in [-0.05, 0) is 31.9 Å². The SMILES string of the molecule is Cc1ccc(C(C)(CC(=O)O)C(C)N)c(C)c1. The number of carboxylic acids is 1. The van der Waals surface area contributed by atoms with Crippen molar-refractivity contribution >= 4 is 5.97 Å². The van der Waals surface area contributed by atoms with E-state index in [1.54, 1.807) is 0 Å². The maximum atomic E-state index is 11.0. The van der Waals surface area contributed by atoms with E-state index in [4.69, 9.17) is 10.8 Å². The van der Waals surface area contributed by atoms with Crippen LogP contribution in [0.4, 0.5) is 0 Å². The number of carbonyl (C=O) groups is 1. The predicted molar refractivity (Wildman–Crippen MR) is 69.2 cm³/mol. The Kier molecular flexibility index (Phi) is 3.94. The first-order valence-electron chi connectivity index (χ1n) is 5.82. The summed E-state index contributed by atoms with van der Waals surface area (Å²) in [7, 11) is 0. The van der Waals surface area contributed by atoms with Crippen molar-refractivity contribution in [1.82, 2.24) is 0 Å². The second kappa shape index (κ2) is 4.88. The van der Waals surface area contributed by atoms with E-state index < -0.39 is 11.4 Å². The summed E-state index contributed by atoms with van der Waals surface area (Å²) in [5.74, 6) is -0.815. The molecule has 1 aromatic rings. The predicted octanol–water partition coefficient (Wildman–Crippen LogP) is 2.38. The Morgan fingerprint density at radius 1 is 1.47 bits per heavy atom. The average molecular weight is 235 g/mol. The number of hydrogen-bond acceptors (Lipinski definition) is 2. The molecule has 2 atom stereocenters. The molecule has 0 aliphatic rings. The summed E-state index contributed by atoms with van der Waals surface area (Å²) in [5.41, 5.74) is 8.78. The van der Waals surface area contributed by atoms with Gasteiger partial charge in [0.05, 0.1) is 6.42 Å². The third kappa shape index (κ3) is 2.86. The monoisotopic (exact) mass is 235 g/mol. The van der Waals surface area contributed by atoms with Crippen LogP contribution in [0.25, 0.3) is 0 Å². The molecule has 0 amide bonds. The van der Waals surface area contributed by atoms with Gasteiger partial charge in [0.2, 0.25) is 0 Å². The fraction of sp³-hybridized carbons (Fsp3) is 0.500. The number of nitrogens with two attached hydrogens (primary N) is 1. The molecule has 0 spiro atoms. The van der Waals surface area contributed by atoms with Crippen LogP contribution in [-0.2, 0) is 10.2 Å². The molecule has 0 aromatic heterocycles. The van der Waals surface area contributed by atoms with Crippen molar-refractivity contribution in [3.05, 3.63) is 34.9 Å². The summed E-state index contributed by atoms with van der Waals surface area (Å²) >= 11 is 0. The number of rotatable bonds is 4. The fourth-order valence-corrected chi connectivity index (χ4v) is 2.27. The number of carboxylic acid groups (broad SMARTS) is 1. The van der Waals surface area contributed by atoms with Gasteiger partial charge < -0.3 is 10.8 Å². The van der Waals surface area contributed by atoms with Crippen molar-refractivity contribution in [2.24, 2.45) is 5.73 Å². The smallest absolute Gasteiger partial charge is 0.304 e. The topological polar surface area (TPSA) is 63.3 Å². The lowest BCUT2D eigenvalue weighted by molar-refractivity contribution is -0.138. The van der Waals surface area contributed by atoms with Crippen molar-refractivity contribution in [2.75, 3.05) is 0 Å². The van der Waals surface area contributed by atoms with Crippen LogP contribution in [0, 0.1) is 13.8 Å². The van der Waals surface area contributed by atoms with Gasteiger partial charge in [-0.3, -0.25) is 4.79 Å². The lowest BCUT2D eigenvalue weighted by Crippen LogP contribution is -2.43. The molecule has 94 valence electrons. The van der Waals surface area contributed by atoms with Crippen molar-refractivity contribution < 1.29 is 9.90 Å². The van der Waals surface area contributed by atoms with Crippen LogP contribution in [0.3, 0.4) is 0 Å². The number of benzene rings is 1. The Bertz CT molecular complexity index is 426. The number of hydrogen-bond donors (Lipinski definition) is 2. The summed E-state index contributed by atoms with van der Waals surface area (Å²) in [4.78, 5) is 11.0. The fourth-order valence-electron chi connectivity index (χ4n) is 2.27. The van der Waals surface area contributed by atoms with E-state index in [0.29, 0.717) is 0 Å². The van der Waals surface area contributed by atoms with Crippen molar-refractivity contribution in [3.8, 4) is 0 Å². The zero-order valence-corrected chi connectivity index (χ0v) is 10.9. The van der Waals surface area contributed by atoms with Crippen LogP contribution in [0.15, 0.2) is 18.2 Å². The summed E-state index contributed by atoms with van der Waals surface area (Å²) in [6.07, 6.45) is 0.0502. The Hall–Kier alpha value is -1.35. The van der Waals surface area contributed by atoms with Crippen LogP contribution in [0.5, 0.6) is 0 Å². The molecule has 0 radical (unpaired) electrons. The minimum atomic E-state index is -0.815. The number of aryl methyl sites for hydroxylation is 2. The molecule has 3 N–H and O–H groups in total. The largest absolute Gasteiger partial charge is 0.481 e. The molecular weight excluding hydrogens is 214 g/mol. The molecule has 1 rings (SSSR count). The van der Waals surface area contributed by atoms with Gasteiger partial charge in [-0.2, -0.15) is 0 Å². The summed E-state index contributed by atoms with van der Waals surface area (Å²) in [5, 5.41) is 9.05. The van der Waals surface area contributed by atoms with E-state index in [0.717, 1.165) is 11.1 Å². The first-order valence-corrected chi connectivity index (χ1v) is 5.82. The summed E-state index contributed by atoms with van der Waals surface area (Å²) in [6, 6.07) is 5.86. The van der Waals surface area contributed by atoms with E-state index in [2.05, 4.69) is 6.07 Å². The molecule has 2 unspecified atom stereocenters. The lowest BCUT2D eigenvalue weighted by atomic mass is 9.72. The Morgan fingerprint density at radius 3 is 2.47 bits per heavy atom. The third-order valence-electron chi connectivity index (χ3n) is 3.52. The molecule has 0 bridgehead atoms. The molecule has 0 saturated heterocycles. The quantitative estimate of drug-likeness (QED) is 0.842. The van der Waals surface area contributed by atoms with Gasteiger partial charge in [0.25, 0.3) is 0 Å². The molecule has 17 heavy (non-hydrogen) atoms. The minimum absolute atomic E-state index is 0.0502. The van der Waals surface area contributed by atoms with Crippen LogP contribution >= 0.6 is 0 Å². The highest BCUT2D eigenvalue weighted by atomic mass is 16.4. The van der Waals surface area contributed by atoms with Gasteiger partial charge in [-0.15, -0.1) is 0 Å². The zero-order chi connectivity index (χ0) is 13.2. The number of aliphatic carboxylic acids is 1. The molecule has 3 heteroatoms. The molecule has 1 aromatic carbocycles. The van der Waals surface area contributed by atoms with Gasteiger partial charge in [0.1, 0.15) is 0 Å². The van der Waals surface area contributed by atoms with E-state index in [9.17, 15) is 4.79 Å². The maximum Gasteiger partial charge on any atom is 0.304 e. The van der Waals surface area contributed by atoms with Gasteiger partial charge in [0, 0.05) is 11.5 Å². The van der Waals surface area contributed by atoms with Gasteiger partial charge in [-0.25, -0.2) is 0 Å². The van der Waals surface area contributed by atoms with Crippen LogP contribution in [0.1, 0.15) is 37.0 Å². The van der Waals surface area contributed by atoms with Crippen molar-refractivity contribution in [1.29, 1.82) is 0 Å². The van der Waals surface area contributed by atoms with E-state index in [-0.39, 0.29) is 12.5 Å². The Morgan fingerprint density at radius 2 is 2.06 bits per heavy atom. The summed E-state index contributed by atoms with van der Waals surface area (Å²) in [6.45, 7) is 7.81. The average Bonchev–Trinajstić information content (AvgIpc) is 2.15. The zero-order valence-electron chi connectivity index (χ0n) is 10.9.